The molecule has 37 heavy (non-hydrogen) atoms. The number of fused-ring (bicyclic) bond motifs is 1. The molecule has 200 valence electrons. The second-order valence-corrected chi connectivity index (χ2v) is 13.2. The zero-order valence-electron chi connectivity index (χ0n) is 21.0. The number of guanidine groups is 1. The summed E-state index contributed by atoms with van der Waals surface area (Å²) in [5.74, 6) is -0.305. The van der Waals surface area contributed by atoms with Crippen molar-refractivity contribution in [2.75, 3.05) is 19.0 Å². The van der Waals surface area contributed by atoms with Gasteiger partial charge in [-0.05, 0) is 58.7 Å². The Bertz CT molecular complexity index is 1370. The van der Waals surface area contributed by atoms with E-state index in [1.165, 1.54) is 13.1 Å². The van der Waals surface area contributed by atoms with Crippen LogP contribution in [0.4, 0.5) is 10.6 Å². The maximum absolute atomic E-state index is 13.5. The molecule has 2 N–H and O–H groups in total. The number of anilines is 1. The molecule has 0 aromatic carbocycles. The number of rotatable bonds is 3. The van der Waals surface area contributed by atoms with Gasteiger partial charge in [-0.25, -0.2) is 27.5 Å². The molecular weight excluding hydrogens is 542 g/mol. The third kappa shape index (κ3) is 5.44. The molecule has 0 spiro atoms. The van der Waals surface area contributed by atoms with Crippen LogP contribution < -0.4 is 10.6 Å². The van der Waals surface area contributed by atoms with Gasteiger partial charge in [0.25, 0.3) is 15.9 Å². The number of amides is 2. The van der Waals surface area contributed by atoms with Crippen LogP contribution in [-0.4, -0.2) is 60.4 Å². The maximum Gasteiger partial charge on any atom is 0.414 e. The number of aryl methyl sites for hydroxylation is 1. The van der Waals surface area contributed by atoms with Gasteiger partial charge in [-0.2, -0.15) is 0 Å². The first-order valence-electron chi connectivity index (χ1n) is 11.5. The molecule has 0 radical (unpaired) electrons. The number of pyridine rings is 1. The molecule has 1 unspecified atom stereocenters. The van der Waals surface area contributed by atoms with Gasteiger partial charge in [0.15, 0.2) is 0 Å². The number of halogens is 1. The topological polar surface area (TPSA) is 139 Å². The van der Waals surface area contributed by atoms with Gasteiger partial charge in [-0.1, -0.05) is 17.7 Å². The van der Waals surface area contributed by atoms with Gasteiger partial charge in [-0.15, -0.1) is 11.3 Å². The zero-order valence-corrected chi connectivity index (χ0v) is 23.4. The number of carbonyl (C=O) groups is 2. The summed E-state index contributed by atoms with van der Waals surface area (Å²) in [6, 6.07) is 6.70. The van der Waals surface area contributed by atoms with E-state index in [0.717, 1.165) is 21.3 Å². The number of alkyl carbamates (subject to hydrolysis) is 1. The summed E-state index contributed by atoms with van der Waals surface area (Å²) in [5, 5.41) is 5.35. The van der Waals surface area contributed by atoms with Crippen molar-refractivity contribution < 1.29 is 27.5 Å². The third-order valence-electron chi connectivity index (χ3n) is 5.66. The normalized spacial score (nSPS) is 23.0. The zero-order chi connectivity index (χ0) is 27.2. The highest BCUT2D eigenvalue weighted by atomic mass is 35.5. The van der Waals surface area contributed by atoms with Gasteiger partial charge < -0.3 is 14.8 Å². The Morgan fingerprint density at radius 3 is 2.70 bits per heavy atom. The van der Waals surface area contributed by atoms with Gasteiger partial charge in [0, 0.05) is 19.3 Å². The van der Waals surface area contributed by atoms with E-state index < -0.39 is 38.6 Å². The standard InChI is InChI=1S/C23H28ClN5O6S2/c1-13-8-6-9-16(25-13)26-18(30)15-12-14(24)17(36-15)23-10-7-11-34-19(23)37(32,33)29(5)20(28-23)27-21(31)35-22(2,3)4/h6,8-9,12,19H,7,10-11H2,1-5H3,(H,25,26,30)(H,27,28,31)/t19?,23-/m1/s1. The van der Waals surface area contributed by atoms with Crippen LogP contribution >= 0.6 is 22.9 Å². The minimum Gasteiger partial charge on any atom is -0.444 e. The lowest BCUT2D eigenvalue weighted by Gasteiger charge is -2.45. The van der Waals surface area contributed by atoms with Gasteiger partial charge in [0.1, 0.15) is 17.0 Å². The lowest BCUT2D eigenvalue weighted by Crippen LogP contribution is -2.61. The molecule has 2 amide bonds. The van der Waals surface area contributed by atoms with Crippen molar-refractivity contribution in [1.82, 2.24) is 14.6 Å². The monoisotopic (exact) mass is 569 g/mol. The fraction of sp³-hybridized carbons (Fsp3) is 0.478. The van der Waals surface area contributed by atoms with Crippen LogP contribution in [0.2, 0.25) is 5.02 Å². The Morgan fingerprint density at radius 2 is 2.03 bits per heavy atom. The molecule has 1 fully saturated rings. The largest absolute Gasteiger partial charge is 0.444 e. The van der Waals surface area contributed by atoms with E-state index in [0.29, 0.717) is 17.1 Å². The molecule has 0 aliphatic carbocycles. The van der Waals surface area contributed by atoms with Crippen LogP contribution in [0.25, 0.3) is 0 Å². The number of thiophene rings is 1. The van der Waals surface area contributed by atoms with Crippen LogP contribution in [0.3, 0.4) is 0 Å². The van der Waals surface area contributed by atoms with E-state index in [1.54, 1.807) is 45.9 Å². The van der Waals surface area contributed by atoms with E-state index in [4.69, 9.17) is 21.1 Å². The average molecular weight is 570 g/mol. The fourth-order valence-corrected chi connectivity index (χ4v) is 7.41. The summed E-state index contributed by atoms with van der Waals surface area (Å²) >= 11 is 7.63. The fourth-order valence-electron chi connectivity index (χ4n) is 4.09. The smallest absolute Gasteiger partial charge is 0.414 e. The molecule has 4 rings (SSSR count). The predicted molar refractivity (Wildman–Crippen MR) is 140 cm³/mol. The number of hydrogen-bond acceptors (Lipinski definition) is 9. The number of carbonyl (C=O) groups excluding carboxylic acids is 2. The number of aliphatic imine (C=N–C) groups is 1. The Kier molecular flexibility index (Phi) is 7.27. The van der Waals surface area contributed by atoms with Crippen LogP contribution in [0.5, 0.6) is 0 Å². The van der Waals surface area contributed by atoms with Crippen molar-refractivity contribution in [2.45, 2.75) is 57.1 Å². The average Bonchev–Trinajstić information content (AvgIpc) is 3.19. The van der Waals surface area contributed by atoms with E-state index in [1.807, 2.05) is 0 Å². The molecule has 14 heteroatoms. The van der Waals surface area contributed by atoms with Crippen molar-refractivity contribution in [3.63, 3.8) is 0 Å². The molecule has 0 saturated carbocycles. The van der Waals surface area contributed by atoms with Crippen LogP contribution in [-0.2, 0) is 25.0 Å². The first kappa shape index (κ1) is 27.3. The molecule has 1 saturated heterocycles. The van der Waals surface area contributed by atoms with Crippen molar-refractivity contribution >= 4 is 56.7 Å². The lowest BCUT2D eigenvalue weighted by molar-refractivity contribution is 0.00288. The van der Waals surface area contributed by atoms with Crippen molar-refractivity contribution in [1.29, 1.82) is 0 Å². The molecule has 2 aromatic rings. The maximum atomic E-state index is 13.5. The van der Waals surface area contributed by atoms with Crippen molar-refractivity contribution in [2.24, 2.45) is 4.99 Å². The lowest BCUT2D eigenvalue weighted by atomic mass is 9.90. The number of ether oxygens (including phenoxy) is 2. The van der Waals surface area contributed by atoms with Gasteiger partial charge in [0.2, 0.25) is 11.4 Å². The Hall–Kier alpha value is -2.74. The second-order valence-electron chi connectivity index (χ2n) is 9.71. The summed E-state index contributed by atoms with van der Waals surface area (Å²) in [7, 11) is -2.87. The van der Waals surface area contributed by atoms with E-state index in [2.05, 4.69) is 20.6 Å². The van der Waals surface area contributed by atoms with Crippen LogP contribution in [0.15, 0.2) is 29.3 Å². The minimum absolute atomic E-state index is 0.169. The van der Waals surface area contributed by atoms with Gasteiger partial charge >= 0.3 is 6.09 Å². The number of nitrogens with zero attached hydrogens (tertiary/aromatic N) is 3. The highest BCUT2D eigenvalue weighted by molar-refractivity contribution is 7.90. The molecule has 4 heterocycles. The first-order chi connectivity index (χ1) is 17.2. The summed E-state index contributed by atoms with van der Waals surface area (Å²) in [5.41, 5.74) is -2.94. The SMILES string of the molecule is Cc1cccc(NC(=O)c2cc(Cl)c([C@]34CCCOC3S(=O)(=O)N(C)C(NC(=O)OC(C)(C)C)=N4)s2)n1. The minimum atomic E-state index is -4.14. The predicted octanol–water partition coefficient (Wildman–Crippen LogP) is 3.84. The number of sulfonamides is 1. The molecule has 2 aliphatic rings. The number of hydrogen-bond donors (Lipinski definition) is 2. The third-order valence-corrected chi connectivity index (χ3v) is 9.38. The second kappa shape index (κ2) is 9.86. The summed E-state index contributed by atoms with van der Waals surface area (Å²) in [4.78, 5) is 35.0. The number of aromatic nitrogens is 1. The van der Waals surface area contributed by atoms with Gasteiger partial charge in [0.05, 0.1) is 14.8 Å². The van der Waals surface area contributed by atoms with E-state index >= 15 is 0 Å². The molecule has 2 atom stereocenters. The molecule has 2 aliphatic heterocycles. The summed E-state index contributed by atoms with van der Waals surface area (Å²) in [6.45, 7) is 7.07. The highest BCUT2D eigenvalue weighted by Crippen LogP contribution is 2.50. The molecule has 11 nitrogen and oxygen atoms in total. The van der Waals surface area contributed by atoms with E-state index in [9.17, 15) is 18.0 Å². The Morgan fingerprint density at radius 1 is 1.30 bits per heavy atom. The van der Waals surface area contributed by atoms with Crippen molar-refractivity contribution in [3.05, 3.63) is 44.7 Å². The molecule has 0 bridgehead atoms. The van der Waals surface area contributed by atoms with Crippen molar-refractivity contribution in [3.8, 4) is 0 Å². The highest BCUT2D eigenvalue weighted by Gasteiger charge is 2.58. The first-order valence-corrected chi connectivity index (χ1v) is 14.2. The summed E-state index contributed by atoms with van der Waals surface area (Å²) < 4.78 is 39.0. The summed E-state index contributed by atoms with van der Waals surface area (Å²) in [6.07, 6.45) is -0.103. The van der Waals surface area contributed by atoms with Gasteiger partial charge in [-0.3, -0.25) is 10.1 Å². The van der Waals surface area contributed by atoms with Crippen LogP contribution in [0, 0.1) is 6.92 Å². The molecular formula is C23H28ClN5O6S2. The molecule has 2 aromatic heterocycles. The Balaban J connectivity index is 1.75. The van der Waals surface area contributed by atoms with Crippen LogP contribution in [0.1, 0.15) is 53.9 Å². The Labute approximate surface area is 224 Å². The van der Waals surface area contributed by atoms with E-state index in [-0.39, 0.29) is 28.9 Å². The quantitative estimate of drug-likeness (QED) is 0.572. The number of nitrogens with one attached hydrogen (secondary N) is 2.